The van der Waals surface area contributed by atoms with Crippen molar-refractivity contribution in [3.05, 3.63) is 23.8 Å². The van der Waals surface area contributed by atoms with Crippen molar-refractivity contribution in [1.29, 1.82) is 0 Å². The van der Waals surface area contributed by atoms with E-state index < -0.39 is 16.1 Å². The van der Waals surface area contributed by atoms with Crippen LogP contribution in [-0.4, -0.2) is 26.9 Å². The van der Waals surface area contributed by atoms with Gasteiger partial charge in [-0.25, -0.2) is 8.42 Å². The molecule has 19 heavy (non-hydrogen) atoms. The van der Waals surface area contributed by atoms with Gasteiger partial charge in [0, 0.05) is 12.2 Å². The van der Waals surface area contributed by atoms with Gasteiger partial charge >= 0.3 is 0 Å². The number of carbonyl (C=O) groups excluding carboxylic acids is 1. The molecule has 0 fully saturated rings. The van der Waals surface area contributed by atoms with Crippen LogP contribution in [0.1, 0.15) is 19.4 Å². The Morgan fingerprint density at radius 3 is 2.63 bits per heavy atom. The molecule has 0 spiro atoms. The van der Waals surface area contributed by atoms with E-state index in [-0.39, 0.29) is 10.8 Å². The molecule has 0 saturated carbocycles. The monoisotopic (exact) mass is 285 g/mol. The number of anilines is 1. The van der Waals surface area contributed by atoms with Gasteiger partial charge in [-0.05, 0) is 38.5 Å². The van der Waals surface area contributed by atoms with Gasteiger partial charge in [0.1, 0.15) is 0 Å². The minimum atomic E-state index is -3.77. The van der Waals surface area contributed by atoms with E-state index in [0.717, 1.165) is 0 Å². The fourth-order valence-electron chi connectivity index (χ4n) is 1.58. The Morgan fingerprint density at radius 1 is 1.42 bits per heavy atom. The third kappa shape index (κ3) is 3.93. The molecule has 0 heterocycles. The highest BCUT2D eigenvalue weighted by molar-refractivity contribution is 7.89. The van der Waals surface area contributed by atoms with Crippen LogP contribution < -0.4 is 15.8 Å². The van der Waals surface area contributed by atoms with Crippen molar-refractivity contribution in [3.63, 3.8) is 0 Å². The van der Waals surface area contributed by atoms with Crippen LogP contribution in [0, 0.1) is 6.92 Å². The lowest BCUT2D eigenvalue weighted by Gasteiger charge is -2.15. The first kappa shape index (κ1) is 15.5. The Labute approximate surface area is 113 Å². The largest absolute Gasteiger partial charge is 0.399 e. The van der Waals surface area contributed by atoms with E-state index in [1.165, 1.54) is 13.0 Å². The summed E-state index contributed by atoms with van der Waals surface area (Å²) < 4.78 is 26.7. The van der Waals surface area contributed by atoms with Gasteiger partial charge in [-0.2, -0.15) is 4.72 Å². The first-order valence-corrected chi connectivity index (χ1v) is 7.42. The molecule has 1 unspecified atom stereocenters. The Kier molecular flexibility index (Phi) is 4.90. The van der Waals surface area contributed by atoms with E-state index in [2.05, 4.69) is 10.0 Å². The molecule has 1 aromatic rings. The summed E-state index contributed by atoms with van der Waals surface area (Å²) in [5, 5.41) is 2.55. The van der Waals surface area contributed by atoms with Crippen LogP contribution in [0.2, 0.25) is 0 Å². The first-order valence-electron chi connectivity index (χ1n) is 5.94. The van der Waals surface area contributed by atoms with Gasteiger partial charge < -0.3 is 11.1 Å². The zero-order valence-electron chi connectivity index (χ0n) is 11.2. The van der Waals surface area contributed by atoms with E-state index >= 15 is 0 Å². The first-order chi connectivity index (χ1) is 8.77. The predicted molar refractivity (Wildman–Crippen MR) is 74.1 cm³/mol. The molecule has 1 amide bonds. The average molecular weight is 285 g/mol. The number of amides is 1. The Bertz CT molecular complexity index is 570. The smallest absolute Gasteiger partial charge is 0.241 e. The average Bonchev–Trinajstić information content (AvgIpc) is 2.31. The molecular weight excluding hydrogens is 266 g/mol. The minimum Gasteiger partial charge on any atom is -0.399 e. The van der Waals surface area contributed by atoms with Crippen LogP contribution in [0.4, 0.5) is 5.69 Å². The van der Waals surface area contributed by atoms with E-state index in [9.17, 15) is 13.2 Å². The fourth-order valence-corrected chi connectivity index (χ4v) is 3.07. The number of nitrogens with one attached hydrogen (secondary N) is 2. The topological polar surface area (TPSA) is 101 Å². The zero-order valence-corrected chi connectivity index (χ0v) is 12.0. The number of hydrogen-bond acceptors (Lipinski definition) is 4. The molecule has 0 aliphatic rings. The number of hydrogen-bond donors (Lipinski definition) is 3. The lowest BCUT2D eigenvalue weighted by molar-refractivity contribution is -0.122. The van der Waals surface area contributed by atoms with Crippen LogP contribution in [-0.2, 0) is 14.8 Å². The van der Waals surface area contributed by atoms with Crippen molar-refractivity contribution in [1.82, 2.24) is 10.0 Å². The summed E-state index contributed by atoms with van der Waals surface area (Å²) in [5.41, 5.74) is 6.52. The van der Waals surface area contributed by atoms with Crippen LogP contribution in [0.25, 0.3) is 0 Å². The SMILES string of the molecule is CCNC(=O)C(C)NS(=O)(=O)c1cc(N)ccc1C. The number of nitrogens with two attached hydrogens (primary N) is 1. The molecule has 1 atom stereocenters. The van der Waals surface area contributed by atoms with Crippen molar-refractivity contribution in [3.8, 4) is 0 Å². The highest BCUT2D eigenvalue weighted by atomic mass is 32.2. The molecule has 0 aromatic heterocycles. The number of aryl methyl sites for hydroxylation is 1. The maximum absolute atomic E-state index is 12.2. The van der Waals surface area contributed by atoms with E-state index in [0.29, 0.717) is 17.8 Å². The van der Waals surface area contributed by atoms with Crippen molar-refractivity contribution in [2.75, 3.05) is 12.3 Å². The second-order valence-electron chi connectivity index (χ2n) is 4.26. The maximum Gasteiger partial charge on any atom is 0.241 e. The third-order valence-electron chi connectivity index (χ3n) is 2.58. The molecule has 0 aliphatic carbocycles. The number of rotatable bonds is 5. The third-order valence-corrected chi connectivity index (χ3v) is 4.26. The number of carbonyl (C=O) groups is 1. The highest BCUT2D eigenvalue weighted by Crippen LogP contribution is 2.18. The second-order valence-corrected chi connectivity index (χ2v) is 5.94. The molecule has 0 bridgehead atoms. The fraction of sp³-hybridized carbons (Fsp3) is 0.417. The maximum atomic E-state index is 12.2. The summed E-state index contributed by atoms with van der Waals surface area (Å²) in [5.74, 6) is -0.368. The van der Waals surface area contributed by atoms with Gasteiger partial charge in [0.2, 0.25) is 15.9 Å². The predicted octanol–water partition coefficient (Wildman–Crippen LogP) is 0.380. The lowest BCUT2D eigenvalue weighted by atomic mass is 10.2. The number of nitrogen functional groups attached to an aromatic ring is 1. The summed E-state index contributed by atoms with van der Waals surface area (Å²) in [7, 11) is -3.77. The quantitative estimate of drug-likeness (QED) is 0.681. The number of sulfonamides is 1. The van der Waals surface area contributed by atoms with Crippen LogP contribution in [0.3, 0.4) is 0 Å². The van der Waals surface area contributed by atoms with E-state index in [1.807, 2.05) is 0 Å². The summed E-state index contributed by atoms with van der Waals surface area (Å²) in [6.07, 6.45) is 0. The van der Waals surface area contributed by atoms with Crippen LogP contribution >= 0.6 is 0 Å². The molecule has 1 rings (SSSR count). The molecule has 0 radical (unpaired) electrons. The van der Waals surface area contributed by atoms with Crippen molar-refractivity contribution < 1.29 is 13.2 Å². The van der Waals surface area contributed by atoms with E-state index in [4.69, 9.17) is 5.73 Å². The summed E-state index contributed by atoms with van der Waals surface area (Å²) in [4.78, 5) is 11.6. The Morgan fingerprint density at radius 2 is 2.05 bits per heavy atom. The zero-order chi connectivity index (χ0) is 14.6. The molecule has 0 saturated heterocycles. The van der Waals surface area contributed by atoms with Crippen LogP contribution in [0.5, 0.6) is 0 Å². The number of benzene rings is 1. The molecule has 4 N–H and O–H groups in total. The molecule has 0 aliphatic heterocycles. The van der Waals surface area contributed by atoms with Gasteiger partial charge in [-0.1, -0.05) is 6.07 Å². The van der Waals surface area contributed by atoms with Gasteiger partial charge in [-0.3, -0.25) is 4.79 Å². The highest BCUT2D eigenvalue weighted by Gasteiger charge is 2.23. The molecule has 1 aromatic carbocycles. The summed E-state index contributed by atoms with van der Waals surface area (Å²) in [6.45, 7) is 5.37. The van der Waals surface area contributed by atoms with Gasteiger partial charge in [0.05, 0.1) is 10.9 Å². The Hall–Kier alpha value is -1.60. The Balaban J connectivity index is 2.99. The minimum absolute atomic E-state index is 0.0867. The standard InChI is InChI=1S/C12H19N3O3S/c1-4-14-12(16)9(3)15-19(17,18)11-7-10(13)6-5-8(11)2/h5-7,9,15H,4,13H2,1-3H3,(H,14,16). The van der Waals surface area contributed by atoms with E-state index in [1.54, 1.807) is 26.0 Å². The number of likely N-dealkylation sites (N-methyl/N-ethyl adjacent to an activating group) is 1. The lowest BCUT2D eigenvalue weighted by Crippen LogP contribution is -2.44. The van der Waals surface area contributed by atoms with Gasteiger partial charge in [-0.15, -0.1) is 0 Å². The molecule has 7 heteroatoms. The van der Waals surface area contributed by atoms with Gasteiger partial charge in [0.15, 0.2) is 0 Å². The summed E-state index contributed by atoms with van der Waals surface area (Å²) >= 11 is 0. The van der Waals surface area contributed by atoms with Crippen molar-refractivity contribution in [2.45, 2.75) is 31.7 Å². The van der Waals surface area contributed by atoms with Crippen LogP contribution in [0.15, 0.2) is 23.1 Å². The molecule has 6 nitrogen and oxygen atoms in total. The van der Waals surface area contributed by atoms with Crippen molar-refractivity contribution in [2.24, 2.45) is 0 Å². The normalized spacial score (nSPS) is 13.0. The van der Waals surface area contributed by atoms with Crippen molar-refractivity contribution >= 4 is 21.6 Å². The molecule has 106 valence electrons. The summed E-state index contributed by atoms with van der Waals surface area (Å²) in [6, 6.07) is 3.79. The second kappa shape index (κ2) is 6.03. The van der Waals surface area contributed by atoms with Gasteiger partial charge in [0.25, 0.3) is 0 Å². The molecular formula is C12H19N3O3S.